The van der Waals surface area contributed by atoms with E-state index in [4.69, 9.17) is 9.47 Å². The summed E-state index contributed by atoms with van der Waals surface area (Å²) in [5.74, 6) is -1.44. The zero-order valence-corrected chi connectivity index (χ0v) is 15.2. The van der Waals surface area contributed by atoms with Gasteiger partial charge in [-0.25, -0.2) is 4.79 Å². The number of guanidine groups is 1. The van der Waals surface area contributed by atoms with Crippen LogP contribution in [-0.2, 0) is 19.5 Å². The fourth-order valence-corrected chi connectivity index (χ4v) is 1.42. The lowest BCUT2D eigenvalue weighted by Crippen LogP contribution is -2.39. The van der Waals surface area contributed by atoms with E-state index in [1.165, 1.54) is 41.5 Å². The molecular formula is C12H19F3N3O6S-. The first-order valence-electron chi connectivity index (χ1n) is 6.68. The van der Waals surface area contributed by atoms with Crippen LogP contribution in [0.2, 0.25) is 0 Å². The van der Waals surface area contributed by atoms with Crippen LogP contribution in [0.25, 0.3) is 0 Å². The number of sulfonamides is 1. The molecular weight excluding hydrogens is 371 g/mol. The fourth-order valence-electron chi connectivity index (χ4n) is 1.00. The summed E-state index contributed by atoms with van der Waals surface area (Å²) in [6.45, 7) is 8.64. The van der Waals surface area contributed by atoms with Crippen LogP contribution in [0.4, 0.5) is 18.0 Å². The Bertz CT molecular complexity index is 657. The number of carbonyl (C=O) groups excluding carboxylic acids is 1. The Morgan fingerprint density at radius 3 is 1.80 bits per heavy atom. The average molecular weight is 390 g/mol. The predicted molar refractivity (Wildman–Crippen MR) is 80.1 cm³/mol. The minimum absolute atomic E-state index is 1.05. The lowest BCUT2D eigenvalue weighted by molar-refractivity contribution is -0.259. The normalized spacial score (nSPS) is 14.9. The van der Waals surface area contributed by atoms with Gasteiger partial charge in [0.15, 0.2) is 6.08 Å². The number of carbonyl (C=O) groups is 1. The highest BCUT2D eigenvalue weighted by atomic mass is 32.2. The maximum Gasteiger partial charge on any atom is 0.518 e. The van der Waals surface area contributed by atoms with Crippen LogP contribution < -0.4 is 10.4 Å². The number of halogens is 3. The van der Waals surface area contributed by atoms with E-state index in [9.17, 15) is 31.5 Å². The van der Waals surface area contributed by atoms with Gasteiger partial charge in [0.2, 0.25) is 5.96 Å². The predicted octanol–water partition coefficient (Wildman–Crippen LogP) is 1.25. The summed E-state index contributed by atoms with van der Waals surface area (Å²) in [6.07, 6.45) is -2.82. The lowest BCUT2D eigenvalue weighted by Gasteiger charge is -2.29. The standard InChI is InChI=1S/C12H20F3N3O6S/c1-10(2,3)23-8(19)16-7(17-9(20)24-11(4,5)6)18-25(21,22)12(13,14)15/h1-6H3,(H2,16,17,18,19,20)/p-1. The molecule has 0 atom stereocenters. The van der Waals surface area contributed by atoms with Crippen molar-refractivity contribution in [1.29, 1.82) is 0 Å². The van der Waals surface area contributed by atoms with Crippen molar-refractivity contribution in [3.63, 3.8) is 0 Å². The molecule has 0 bridgehead atoms. The highest BCUT2D eigenvalue weighted by Gasteiger charge is 2.46. The van der Waals surface area contributed by atoms with Crippen molar-refractivity contribution >= 4 is 28.2 Å². The SMILES string of the molecule is CC(C)(C)OC(=O)NC(=NS(=O)(=O)C(F)(F)F)N=C([O-])OC(C)(C)C. The van der Waals surface area contributed by atoms with Crippen molar-refractivity contribution < 1.29 is 41.0 Å². The summed E-state index contributed by atoms with van der Waals surface area (Å²) in [5, 5.41) is 13.1. The second-order valence-corrected chi connectivity index (χ2v) is 8.15. The third-order valence-electron chi connectivity index (χ3n) is 1.70. The monoisotopic (exact) mass is 390 g/mol. The number of rotatable bonds is 1. The molecule has 0 aromatic rings. The molecule has 0 heterocycles. The molecule has 0 saturated heterocycles. The number of hydrogen-bond donors (Lipinski definition) is 1. The van der Waals surface area contributed by atoms with Crippen LogP contribution in [0.1, 0.15) is 41.5 Å². The number of amides is 1. The van der Waals surface area contributed by atoms with Crippen LogP contribution in [0.3, 0.4) is 0 Å². The minimum atomic E-state index is -6.06. The van der Waals surface area contributed by atoms with E-state index in [1.54, 1.807) is 5.32 Å². The number of ether oxygens (including phenoxy) is 2. The molecule has 146 valence electrons. The van der Waals surface area contributed by atoms with Gasteiger partial charge in [-0.3, -0.25) is 5.32 Å². The van der Waals surface area contributed by atoms with Gasteiger partial charge in [-0.05, 0) is 20.8 Å². The molecule has 0 rings (SSSR count). The molecule has 0 unspecified atom stereocenters. The Balaban J connectivity index is 5.77. The van der Waals surface area contributed by atoms with Crippen molar-refractivity contribution in [1.82, 2.24) is 5.32 Å². The largest absolute Gasteiger partial charge is 0.594 e. The van der Waals surface area contributed by atoms with E-state index in [2.05, 4.69) is 9.39 Å². The summed E-state index contributed by atoms with van der Waals surface area (Å²) < 4.78 is 71.1. The Labute approximate surface area is 143 Å². The first-order valence-corrected chi connectivity index (χ1v) is 8.12. The second-order valence-electron chi connectivity index (χ2n) is 6.55. The summed E-state index contributed by atoms with van der Waals surface area (Å²) in [7, 11) is -6.06. The van der Waals surface area contributed by atoms with Crippen LogP contribution >= 0.6 is 0 Å². The number of nitrogens with one attached hydrogen (secondary N) is 1. The minimum Gasteiger partial charge on any atom is -0.594 e. The van der Waals surface area contributed by atoms with Gasteiger partial charge in [-0.1, -0.05) is 20.8 Å². The first-order chi connectivity index (χ1) is 10.8. The van der Waals surface area contributed by atoms with Crippen LogP contribution in [0.15, 0.2) is 9.39 Å². The topological polar surface area (TPSA) is 129 Å². The van der Waals surface area contributed by atoms with Crippen molar-refractivity contribution in [3.05, 3.63) is 0 Å². The van der Waals surface area contributed by atoms with Crippen LogP contribution in [-0.4, -0.2) is 43.3 Å². The molecule has 0 aliphatic carbocycles. The molecule has 0 fully saturated rings. The van der Waals surface area contributed by atoms with Crippen LogP contribution in [0.5, 0.6) is 0 Å². The number of nitrogens with zero attached hydrogens (tertiary/aromatic N) is 2. The van der Waals surface area contributed by atoms with Crippen molar-refractivity contribution in [2.45, 2.75) is 58.3 Å². The number of alkyl halides is 3. The highest BCUT2D eigenvalue weighted by molar-refractivity contribution is 7.91. The maximum atomic E-state index is 12.4. The van der Waals surface area contributed by atoms with E-state index in [0.29, 0.717) is 0 Å². The molecule has 25 heavy (non-hydrogen) atoms. The Morgan fingerprint density at radius 1 is 1.00 bits per heavy atom. The molecule has 13 heteroatoms. The fraction of sp³-hybridized carbons (Fsp3) is 0.750. The molecule has 1 amide bonds. The van der Waals surface area contributed by atoms with Crippen LogP contribution in [0, 0.1) is 0 Å². The van der Waals surface area contributed by atoms with E-state index >= 15 is 0 Å². The van der Waals surface area contributed by atoms with Gasteiger partial charge in [0.05, 0.1) is 0 Å². The van der Waals surface area contributed by atoms with Gasteiger partial charge >= 0.3 is 21.6 Å². The quantitative estimate of drug-likeness (QED) is 0.530. The zero-order chi connectivity index (χ0) is 20.3. The highest BCUT2D eigenvalue weighted by Crippen LogP contribution is 2.24. The lowest BCUT2D eigenvalue weighted by atomic mass is 10.2. The van der Waals surface area contributed by atoms with E-state index in [-0.39, 0.29) is 0 Å². The Hall–Kier alpha value is -2.05. The third kappa shape index (κ3) is 9.74. The summed E-state index contributed by atoms with van der Waals surface area (Å²) in [5.41, 5.74) is -7.87. The van der Waals surface area contributed by atoms with Gasteiger partial charge in [-0.2, -0.15) is 26.6 Å². The maximum absolute atomic E-state index is 12.4. The van der Waals surface area contributed by atoms with Gasteiger partial charge in [0.25, 0.3) is 0 Å². The van der Waals surface area contributed by atoms with Crippen molar-refractivity contribution in [2.75, 3.05) is 0 Å². The summed E-state index contributed by atoms with van der Waals surface area (Å²) in [6, 6.07) is 0. The number of hydrogen-bond acceptors (Lipinski definition) is 6. The molecule has 0 saturated carbocycles. The van der Waals surface area contributed by atoms with E-state index < -0.39 is 44.9 Å². The van der Waals surface area contributed by atoms with Gasteiger partial charge in [0.1, 0.15) is 5.60 Å². The van der Waals surface area contributed by atoms with Gasteiger partial charge in [-0.15, -0.1) is 4.40 Å². The van der Waals surface area contributed by atoms with Crippen molar-refractivity contribution in [2.24, 2.45) is 9.39 Å². The van der Waals surface area contributed by atoms with E-state index in [0.717, 1.165) is 0 Å². The Morgan fingerprint density at radius 2 is 1.44 bits per heavy atom. The zero-order valence-electron chi connectivity index (χ0n) is 14.4. The molecule has 9 nitrogen and oxygen atoms in total. The first kappa shape index (κ1) is 22.9. The molecule has 0 spiro atoms. The van der Waals surface area contributed by atoms with Crippen molar-refractivity contribution in [3.8, 4) is 0 Å². The number of alkyl carbamates (subject to hydrolysis) is 1. The van der Waals surface area contributed by atoms with Gasteiger partial charge in [0, 0.05) is 5.60 Å². The summed E-state index contributed by atoms with van der Waals surface area (Å²) >= 11 is 0. The molecule has 0 aliphatic heterocycles. The molecule has 0 radical (unpaired) electrons. The number of aliphatic imine (C=N–C) groups is 1. The molecule has 0 aromatic heterocycles. The van der Waals surface area contributed by atoms with E-state index in [1.807, 2.05) is 0 Å². The molecule has 0 aromatic carbocycles. The smallest absolute Gasteiger partial charge is 0.518 e. The second kappa shape index (κ2) is 7.45. The Kier molecular flexibility index (Phi) is 6.84. The molecule has 0 aliphatic rings. The molecule has 1 N–H and O–H groups in total. The average Bonchev–Trinajstić information content (AvgIpc) is 2.19. The summed E-state index contributed by atoms with van der Waals surface area (Å²) in [4.78, 5) is 14.5. The van der Waals surface area contributed by atoms with Gasteiger partial charge < -0.3 is 14.6 Å². The third-order valence-corrected chi connectivity index (χ3v) is 2.70.